The van der Waals surface area contributed by atoms with E-state index in [-0.39, 0.29) is 11.5 Å². The molecule has 0 atom stereocenters. The molecule has 0 saturated carbocycles. The number of carbonyl (C=O) groups excluding carboxylic acids is 1. The summed E-state index contributed by atoms with van der Waals surface area (Å²) >= 11 is 0. The van der Waals surface area contributed by atoms with Gasteiger partial charge in [0, 0.05) is 11.9 Å². The smallest absolute Gasteiger partial charge is 0.277 e. The Morgan fingerprint density at radius 3 is 2.61 bits per heavy atom. The molecule has 31 heavy (non-hydrogen) atoms. The summed E-state index contributed by atoms with van der Waals surface area (Å²) in [6.45, 7) is 0.467. The number of halogens is 1. The zero-order chi connectivity index (χ0) is 21.6. The minimum absolute atomic E-state index is 0.171. The van der Waals surface area contributed by atoms with Crippen molar-refractivity contribution in [2.24, 2.45) is 0 Å². The van der Waals surface area contributed by atoms with Gasteiger partial charge in [0.15, 0.2) is 11.5 Å². The van der Waals surface area contributed by atoms with Gasteiger partial charge in [-0.05, 0) is 54.1 Å². The number of nitrogens with zero attached hydrogens (tertiary/aromatic N) is 4. The van der Waals surface area contributed by atoms with Gasteiger partial charge in [-0.3, -0.25) is 4.79 Å². The van der Waals surface area contributed by atoms with Gasteiger partial charge in [-0.2, -0.15) is 0 Å². The Morgan fingerprint density at radius 2 is 1.87 bits per heavy atom. The van der Waals surface area contributed by atoms with E-state index < -0.39 is 5.91 Å². The molecule has 1 amide bonds. The molecule has 2 heterocycles. The first-order valence-electron chi connectivity index (χ1n) is 9.43. The van der Waals surface area contributed by atoms with Gasteiger partial charge < -0.3 is 15.4 Å². The molecule has 8 nitrogen and oxygen atoms in total. The van der Waals surface area contributed by atoms with Crippen LogP contribution in [-0.4, -0.2) is 33.0 Å². The molecule has 0 aliphatic carbocycles. The fraction of sp³-hybridized carbons (Fsp3) is 0.0909. The van der Waals surface area contributed by atoms with E-state index in [2.05, 4.69) is 25.9 Å². The predicted octanol–water partition coefficient (Wildman–Crippen LogP) is 3.87. The molecule has 156 valence electrons. The van der Waals surface area contributed by atoms with Crippen LogP contribution in [0.2, 0.25) is 0 Å². The van der Waals surface area contributed by atoms with Crippen molar-refractivity contribution in [3.63, 3.8) is 0 Å². The Hall–Kier alpha value is -4.27. The molecule has 2 N–H and O–H groups in total. The van der Waals surface area contributed by atoms with E-state index in [9.17, 15) is 9.18 Å². The van der Waals surface area contributed by atoms with E-state index >= 15 is 0 Å². The maximum atomic E-state index is 13.1. The van der Waals surface area contributed by atoms with Crippen LogP contribution in [0.3, 0.4) is 0 Å². The monoisotopic (exact) mass is 418 g/mol. The molecule has 0 fully saturated rings. The Kier molecular flexibility index (Phi) is 5.84. The Balaban J connectivity index is 1.44. The van der Waals surface area contributed by atoms with Gasteiger partial charge in [-0.25, -0.2) is 14.1 Å². The van der Waals surface area contributed by atoms with Crippen LogP contribution in [0.5, 0.6) is 5.75 Å². The van der Waals surface area contributed by atoms with Crippen molar-refractivity contribution in [3.8, 4) is 5.75 Å². The maximum Gasteiger partial charge on any atom is 0.277 e. The van der Waals surface area contributed by atoms with E-state index in [0.29, 0.717) is 23.7 Å². The van der Waals surface area contributed by atoms with Crippen molar-refractivity contribution in [2.45, 2.75) is 6.54 Å². The number of aromatic nitrogens is 4. The highest BCUT2D eigenvalue weighted by atomic mass is 19.1. The van der Waals surface area contributed by atoms with Gasteiger partial charge in [0.05, 0.1) is 25.5 Å². The highest BCUT2D eigenvalue weighted by Gasteiger charge is 2.14. The number of benzene rings is 2. The molecular weight excluding hydrogens is 399 g/mol. The van der Waals surface area contributed by atoms with Gasteiger partial charge in [0.2, 0.25) is 0 Å². The molecule has 9 heteroatoms. The maximum absolute atomic E-state index is 13.1. The summed E-state index contributed by atoms with van der Waals surface area (Å²) in [5.41, 5.74) is 2.27. The number of nitrogens with one attached hydrogen (secondary N) is 2. The minimum Gasteiger partial charge on any atom is -0.497 e. The second-order valence-corrected chi connectivity index (χ2v) is 6.64. The van der Waals surface area contributed by atoms with Crippen molar-refractivity contribution in [2.75, 3.05) is 17.7 Å². The fourth-order valence-corrected chi connectivity index (χ4v) is 2.86. The largest absolute Gasteiger partial charge is 0.497 e. The lowest BCUT2D eigenvalue weighted by Crippen LogP contribution is -2.14. The van der Waals surface area contributed by atoms with Gasteiger partial charge in [0.1, 0.15) is 11.6 Å². The van der Waals surface area contributed by atoms with Crippen LogP contribution < -0.4 is 15.4 Å². The van der Waals surface area contributed by atoms with Crippen molar-refractivity contribution in [1.82, 2.24) is 20.0 Å². The van der Waals surface area contributed by atoms with Crippen LogP contribution in [0.4, 0.5) is 21.6 Å². The number of anilines is 3. The number of methoxy groups -OCH3 is 1. The van der Waals surface area contributed by atoms with E-state index in [1.807, 2.05) is 24.3 Å². The zero-order valence-electron chi connectivity index (χ0n) is 16.6. The standard InChI is InChI=1S/C22H19FN6O2/c1-31-18-10-4-15(5-11-18)13-29-14-20(27-28-29)22(30)26-19-3-2-12-24-21(19)25-17-8-6-16(23)7-9-17/h2-12,14H,13H2,1H3,(H,24,25)(H,26,30). The first kappa shape index (κ1) is 20.0. The van der Waals surface area contributed by atoms with Crippen LogP contribution in [0.15, 0.2) is 73.1 Å². The second kappa shape index (κ2) is 9.04. The van der Waals surface area contributed by atoms with Gasteiger partial charge in [0.25, 0.3) is 5.91 Å². The van der Waals surface area contributed by atoms with Gasteiger partial charge in [-0.15, -0.1) is 5.10 Å². The number of rotatable bonds is 7. The number of hydrogen-bond acceptors (Lipinski definition) is 6. The summed E-state index contributed by atoms with van der Waals surface area (Å²) in [5, 5.41) is 13.8. The Bertz CT molecular complexity index is 1180. The molecule has 0 spiro atoms. The van der Waals surface area contributed by atoms with E-state index in [4.69, 9.17) is 4.74 Å². The van der Waals surface area contributed by atoms with Crippen LogP contribution in [0, 0.1) is 5.82 Å². The first-order valence-corrected chi connectivity index (χ1v) is 9.43. The van der Waals surface area contributed by atoms with Crippen LogP contribution in [-0.2, 0) is 6.54 Å². The van der Waals surface area contributed by atoms with Crippen molar-refractivity contribution < 1.29 is 13.9 Å². The topological polar surface area (TPSA) is 94.0 Å². The van der Waals surface area contributed by atoms with E-state index in [0.717, 1.165) is 11.3 Å². The third-order valence-electron chi connectivity index (χ3n) is 4.44. The highest BCUT2D eigenvalue weighted by molar-refractivity contribution is 6.04. The zero-order valence-corrected chi connectivity index (χ0v) is 16.6. The summed E-state index contributed by atoms with van der Waals surface area (Å²) in [7, 11) is 1.61. The van der Waals surface area contributed by atoms with E-state index in [1.54, 1.807) is 48.5 Å². The molecular formula is C22H19FN6O2. The number of amides is 1. The molecule has 4 aromatic rings. The minimum atomic E-state index is -0.420. The van der Waals surface area contributed by atoms with Crippen LogP contribution in [0.25, 0.3) is 0 Å². The summed E-state index contributed by atoms with van der Waals surface area (Å²) in [6.07, 6.45) is 3.16. The summed E-state index contributed by atoms with van der Waals surface area (Å²) < 4.78 is 19.8. The molecule has 0 saturated heterocycles. The average Bonchev–Trinajstić information content (AvgIpc) is 3.26. The molecule has 0 aliphatic rings. The Morgan fingerprint density at radius 1 is 1.10 bits per heavy atom. The summed E-state index contributed by atoms with van der Waals surface area (Å²) in [6, 6.07) is 16.8. The van der Waals surface area contributed by atoms with Crippen molar-refractivity contribution in [1.29, 1.82) is 0 Å². The molecule has 0 radical (unpaired) electrons. The number of hydrogen-bond donors (Lipinski definition) is 2. The number of ether oxygens (including phenoxy) is 1. The Labute approximate surface area is 177 Å². The number of pyridine rings is 1. The van der Waals surface area contributed by atoms with Gasteiger partial charge in [-0.1, -0.05) is 17.3 Å². The van der Waals surface area contributed by atoms with Gasteiger partial charge >= 0.3 is 0 Å². The molecule has 2 aromatic carbocycles. The molecule has 0 unspecified atom stereocenters. The molecule has 2 aromatic heterocycles. The molecule has 0 bridgehead atoms. The van der Waals surface area contributed by atoms with Crippen LogP contribution >= 0.6 is 0 Å². The normalized spacial score (nSPS) is 10.5. The predicted molar refractivity (Wildman–Crippen MR) is 114 cm³/mol. The number of carbonyl (C=O) groups is 1. The molecule has 4 rings (SSSR count). The summed E-state index contributed by atoms with van der Waals surface area (Å²) in [4.78, 5) is 16.9. The summed E-state index contributed by atoms with van der Waals surface area (Å²) in [5.74, 6) is 0.436. The average molecular weight is 418 g/mol. The molecule has 0 aliphatic heterocycles. The van der Waals surface area contributed by atoms with Crippen molar-refractivity contribution in [3.05, 3.63) is 90.1 Å². The third kappa shape index (κ3) is 5.02. The lowest BCUT2D eigenvalue weighted by Gasteiger charge is -2.11. The third-order valence-corrected chi connectivity index (χ3v) is 4.44. The van der Waals surface area contributed by atoms with Crippen molar-refractivity contribution >= 4 is 23.1 Å². The van der Waals surface area contributed by atoms with Crippen LogP contribution in [0.1, 0.15) is 16.1 Å². The quantitative estimate of drug-likeness (QED) is 0.473. The highest BCUT2D eigenvalue weighted by Crippen LogP contribution is 2.23. The van der Waals surface area contributed by atoms with E-state index in [1.165, 1.54) is 12.1 Å². The fourth-order valence-electron chi connectivity index (χ4n) is 2.86. The first-order chi connectivity index (χ1) is 15.1. The lowest BCUT2D eigenvalue weighted by atomic mass is 10.2. The lowest BCUT2D eigenvalue weighted by molar-refractivity contribution is 0.102. The SMILES string of the molecule is COc1ccc(Cn2cc(C(=O)Nc3cccnc3Nc3ccc(F)cc3)nn2)cc1. The second-order valence-electron chi connectivity index (χ2n) is 6.64.